The minimum absolute atomic E-state index is 0.0953. The zero-order valence-electron chi connectivity index (χ0n) is 14.2. The van der Waals surface area contributed by atoms with Gasteiger partial charge in [-0.15, -0.1) is 10.2 Å². The van der Waals surface area contributed by atoms with Crippen molar-refractivity contribution in [2.45, 2.75) is 26.7 Å². The molecule has 0 saturated heterocycles. The molecular weight excluding hydrogens is 325 g/mol. The van der Waals surface area contributed by atoms with Crippen LogP contribution in [0.1, 0.15) is 23.4 Å². The molecule has 3 rings (SSSR count). The van der Waals surface area contributed by atoms with Crippen LogP contribution in [0.5, 0.6) is 0 Å². The van der Waals surface area contributed by atoms with Crippen molar-refractivity contribution in [2.75, 3.05) is 5.32 Å². The molecule has 8 heteroatoms. The highest BCUT2D eigenvalue weighted by molar-refractivity contribution is 5.91. The molecule has 3 aromatic rings. The molecule has 0 atom stereocenters. The normalized spacial score (nSPS) is 10.9. The van der Waals surface area contributed by atoms with Gasteiger partial charge in [-0.05, 0) is 44.0 Å². The summed E-state index contributed by atoms with van der Waals surface area (Å²) in [5.41, 5.74) is 3.60. The van der Waals surface area contributed by atoms with Crippen molar-refractivity contribution in [3.63, 3.8) is 0 Å². The molecule has 130 valence electrons. The third kappa shape index (κ3) is 3.57. The van der Waals surface area contributed by atoms with Crippen molar-refractivity contribution in [1.29, 1.82) is 0 Å². The number of aromatic nitrogens is 4. The van der Waals surface area contributed by atoms with Crippen molar-refractivity contribution < 1.29 is 13.6 Å². The van der Waals surface area contributed by atoms with Crippen LogP contribution >= 0.6 is 0 Å². The van der Waals surface area contributed by atoms with Gasteiger partial charge in [0, 0.05) is 24.8 Å². The summed E-state index contributed by atoms with van der Waals surface area (Å²) in [6.07, 6.45) is 2.01. The first kappa shape index (κ1) is 16.8. The van der Waals surface area contributed by atoms with Gasteiger partial charge in [0.15, 0.2) is 0 Å². The van der Waals surface area contributed by atoms with E-state index in [1.165, 1.54) is 12.1 Å². The van der Waals surface area contributed by atoms with Gasteiger partial charge >= 0.3 is 0 Å². The minimum atomic E-state index is -0.541. The Bertz CT molecular complexity index is 902. The first-order chi connectivity index (χ1) is 12.0. The molecule has 2 aromatic heterocycles. The van der Waals surface area contributed by atoms with E-state index >= 15 is 0 Å². The molecule has 0 fully saturated rings. The maximum absolute atomic E-state index is 14.1. The lowest BCUT2D eigenvalue weighted by molar-refractivity contribution is -0.116. The maximum atomic E-state index is 14.1. The lowest BCUT2D eigenvalue weighted by atomic mass is 10.1. The molecule has 7 nitrogen and oxygen atoms in total. The fourth-order valence-corrected chi connectivity index (χ4v) is 2.70. The Balaban J connectivity index is 1.64. The molecule has 0 aliphatic heterocycles. The number of carbonyl (C=O) groups is 1. The second-order valence-electron chi connectivity index (χ2n) is 5.76. The summed E-state index contributed by atoms with van der Waals surface area (Å²) in [5, 5.41) is 14.2. The molecule has 1 N–H and O–H groups in total. The Morgan fingerprint density at radius 2 is 2.16 bits per heavy atom. The van der Waals surface area contributed by atoms with Crippen LogP contribution in [-0.2, 0) is 18.3 Å². The van der Waals surface area contributed by atoms with E-state index in [0.29, 0.717) is 18.5 Å². The number of nitrogens with zero attached hydrogens (tertiary/aromatic N) is 4. The minimum Gasteiger partial charge on any atom is -0.423 e. The van der Waals surface area contributed by atoms with Crippen LogP contribution in [-0.4, -0.2) is 25.9 Å². The van der Waals surface area contributed by atoms with E-state index < -0.39 is 5.82 Å². The van der Waals surface area contributed by atoms with E-state index in [1.54, 1.807) is 10.7 Å². The molecular formula is C17H18FN5O2. The molecule has 0 radical (unpaired) electrons. The van der Waals surface area contributed by atoms with Crippen molar-refractivity contribution >= 4 is 11.6 Å². The number of anilines is 1. The molecule has 0 aliphatic rings. The van der Waals surface area contributed by atoms with Crippen molar-refractivity contribution in [1.82, 2.24) is 20.0 Å². The smallest absolute Gasteiger partial charge is 0.250 e. The summed E-state index contributed by atoms with van der Waals surface area (Å²) < 4.78 is 20.9. The molecule has 2 heterocycles. The van der Waals surface area contributed by atoms with Gasteiger partial charge in [0.1, 0.15) is 5.82 Å². The van der Waals surface area contributed by atoms with Gasteiger partial charge < -0.3 is 9.73 Å². The predicted molar refractivity (Wildman–Crippen MR) is 89.3 cm³/mol. The highest BCUT2D eigenvalue weighted by atomic mass is 19.1. The molecule has 1 amide bonds. The van der Waals surface area contributed by atoms with Crippen LogP contribution in [0.3, 0.4) is 0 Å². The van der Waals surface area contributed by atoms with Crippen LogP contribution in [0.2, 0.25) is 0 Å². The van der Waals surface area contributed by atoms with Crippen molar-refractivity contribution in [3.05, 3.63) is 47.4 Å². The molecule has 0 aliphatic carbocycles. The van der Waals surface area contributed by atoms with E-state index in [0.717, 1.165) is 23.3 Å². The van der Waals surface area contributed by atoms with E-state index in [-0.39, 0.29) is 17.4 Å². The Kier molecular flexibility index (Phi) is 4.60. The predicted octanol–water partition coefficient (Wildman–Crippen LogP) is 2.80. The Hall–Kier alpha value is -3.03. The van der Waals surface area contributed by atoms with Gasteiger partial charge in [0.05, 0.1) is 11.3 Å². The first-order valence-corrected chi connectivity index (χ1v) is 7.80. The zero-order chi connectivity index (χ0) is 18.0. The van der Waals surface area contributed by atoms with E-state index in [1.807, 2.05) is 20.9 Å². The number of amides is 1. The summed E-state index contributed by atoms with van der Waals surface area (Å²) in [5.74, 6) is -0.633. The van der Waals surface area contributed by atoms with Crippen LogP contribution < -0.4 is 5.32 Å². The number of hydrogen-bond donors (Lipinski definition) is 1. The molecule has 0 bridgehead atoms. The van der Waals surface area contributed by atoms with Crippen LogP contribution in [0.15, 0.2) is 29.0 Å². The Labute approximate surface area is 143 Å². The first-order valence-electron chi connectivity index (χ1n) is 7.80. The summed E-state index contributed by atoms with van der Waals surface area (Å²) in [6, 6.07) is 4.33. The number of carbonyl (C=O) groups excluding carboxylic acids is 1. The van der Waals surface area contributed by atoms with Gasteiger partial charge in [-0.25, -0.2) is 4.39 Å². The standard InChI is InChI=1S/C17H18FN5O2/c1-10-13(11(2)23(3)22-10)6-7-16(24)20-12-4-5-14(15(18)8-12)17-21-19-9-25-17/h4-5,8-9H,6-7H2,1-3H3,(H,20,24). The number of hydrogen-bond acceptors (Lipinski definition) is 5. The lowest BCUT2D eigenvalue weighted by Crippen LogP contribution is -2.13. The van der Waals surface area contributed by atoms with Crippen LogP contribution in [0.25, 0.3) is 11.5 Å². The van der Waals surface area contributed by atoms with E-state index in [9.17, 15) is 9.18 Å². The van der Waals surface area contributed by atoms with Crippen LogP contribution in [0, 0.1) is 19.7 Å². The largest absolute Gasteiger partial charge is 0.423 e. The molecule has 1 aromatic carbocycles. The van der Waals surface area contributed by atoms with Crippen LogP contribution in [0.4, 0.5) is 10.1 Å². The average molecular weight is 343 g/mol. The summed E-state index contributed by atoms with van der Waals surface area (Å²) in [7, 11) is 1.87. The monoisotopic (exact) mass is 343 g/mol. The van der Waals surface area contributed by atoms with Gasteiger partial charge in [0.25, 0.3) is 0 Å². The second-order valence-corrected chi connectivity index (χ2v) is 5.76. The molecule has 0 saturated carbocycles. The lowest BCUT2D eigenvalue weighted by Gasteiger charge is -2.07. The van der Waals surface area contributed by atoms with Gasteiger partial charge in [0.2, 0.25) is 18.2 Å². The summed E-state index contributed by atoms with van der Waals surface area (Å²) in [4.78, 5) is 12.1. The fraction of sp³-hybridized carbons (Fsp3) is 0.294. The quantitative estimate of drug-likeness (QED) is 0.770. The number of halogens is 1. The second kappa shape index (κ2) is 6.84. The number of nitrogens with one attached hydrogen (secondary N) is 1. The summed E-state index contributed by atoms with van der Waals surface area (Å²) >= 11 is 0. The Morgan fingerprint density at radius 1 is 1.36 bits per heavy atom. The third-order valence-corrected chi connectivity index (χ3v) is 4.10. The molecule has 25 heavy (non-hydrogen) atoms. The SMILES string of the molecule is Cc1nn(C)c(C)c1CCC(=O)Nc1ccc(-c2nnco2)c(F)c1. The van der Waals surface area contributed by atoms with E-state index in [4.69, 9.17) is 4.42 Å². The van der Waals surface area contributed by atoms with Gasteiger partial charge in [-0.3, -0.25) is 9.48 Å². The highest BCUT2D eigenvalue weighted by Crippen LogP contribution is 2.23. The van der Waals surface area contributed by atoms with Gasteiger partial charge in [-0.2, -0.15) is 5.10 Å². The topological polar surface area (TPSA) is 85.8 Å². The maximum Gasteiger partial charge on any atom is 0.250 e. The fourth-order valence-electron chi connectivity index (χ4n) is 2.70. The molecule has 0 spiro atoms. The number of benzene rings is 1. The van der Waals surface area contributed by atoms with E-state index in [2.05, 4.69) is 20.6 Å². The number of aryl methyl sites for hydroxylation is 2. The Morgan fingerprint density at radius 3 is 2.76 bits per heavy atom. The van der Waals surface area contributed by atoms with Gasteiger partial charge in [-0.1, -0.05) is 0 Å². The zero-order valence-corrected chi connectivity index (χ0v) is 14.2. The average Bonchev–Trinajstić information content (AvgIpc) is 3.16. The molecule has 0 unspecified atom stereocenters. The number of rotatable bonds is 5. The third-order valence-electron chi connectivity index (χ3n) is 4.10. The van der Waals surface area contributed by atoms with Crippen molar-refractivity contribution in [2.24, 2.45) is 7.05 Å². The summed E-state index contributed by atoms with van der Waals surface area (Å²) in [6.45, 7) is 3.89. The highest BCUT2D eigenvalue weighted by Gasteiger charge is 2.14. The van der Waals surface area contributed by atoms with Crippen molar-refractivity contribution in [3.8, 4) is 11.5 Å².